The molecule has 0 bridgehead atoms. The summed E-state index contributed by atoms with van der Waals surface area (Å²) < 4.78 is 6.87. The highest BCUT2D eigenvalue weighted by atomic mass is 16.5. The summed E-state index contributed by atoms with van der Waals surface area (Å²) >= 11 is 0. The summed E-state index contributed by atoms with van der Waals surface area (Å²) in [5, 5.41) is 19.8. The third-order valence-electron chi connectivity index (χ3n) is 3.99. The van der Waals surface area contributed by atoms with Crippen LogP contribution in [0.2, 0.25) is 0 Å². The maximum atomic E-state index is 12.4. The monoisotopic (exact) mass is 330 g/mol. The third-order valence-corrected chi connectivity index (χ3v) is 3.99. The van der Waals surface area contributed by atoms with Gasteiger partial charge in [-0.2, -0.15) is 0 Å². The number of carboxylic acids is 1. The molecule has 8 nitrogen and oxygen atoms in total. The topological polar surface area (TPSA) is 106 Å². The lowest BCUT2D eigenvalue weighted by Gasteiger charge is -2.22. The molecule has 0 radical (unpaired) electrons. The van der Waals surface area contributed by atoms with Crippen LogP contribution >= 0.6 is 0 Å². The van der Waals surface area contributed by atoms with Gasteiger partial charge in [0.1, 0.15) is 5.75 Å². The predicted octanol–water partition coefficient (Wildman–Crippen LogP) is 0.566. The van der Waals surface area contributed by atoms with Gasteiger partial charge in [0.2, 0.25) is 0 Å². The number of rotatable bonds is 5. The van der Waals surface area contributed by atoms with Crippen molar-refractivity contribution in [2.45, 2.75) is 25.3 Å². The highest BCUT2D eigenvalue weighted by molar-refractivity contribution is 5.94. The van der Waals surface area contributed by atoms with E-state index in [1.54, 1.807) is 22.9 Å². The Labute approximate surface area is 138 Å². The van der Waals surface area contributed by atoms with Gasteiger partial charge in [-0.15, -0.1) is 5.10 Å². The molecule has 1 amide bonds. The van der Waals surface area contributed by atoms with Crippen molar-refractivity contribution in [3.63, 3.8) is 0 Å². The summed E-state index contributed by atoms with van der Waals surface area (Å²) in [6.07, 6.45) is 2.31. The first-order valence-electron chi connectivity index (χ1n) is 7.66. The number of fused-ring (bicyclic) bond motifs is 1. The standard InChI is InChI=1S/C16H18N4O4/c1-20-14-6-5-11(8-13(14)18-19-20)17-16(23)10-3-2-4-12(7-10)24-9-15(21)22/h2-4,7,11H,5-6,8-9H2,1H3,(H,17,23)(H,21,22). The van der Waals surface area contributed by atoms with E-state index in [4.69, 9.17) is 9.84 Å². The van der Waals surface area contributed by atoms with Gasteiger partial charge in [-0.3, -0.25) is 9.48 Å². The smallest absolute Gasteiger partial charge is 0.341 e. The van der Waals surface area contributed by atoms with Crippen LogP contribution in [-0.4, -0.2) is 44.6 Å². The van der Waals surface area contributed by atoms with Crippen molar-refractivity contribution in [2.24, 2.45) is 7.05 Å². The number of hydrogen-bond donors (Lipinski definition) is 2. The van der Waals surface area contributed by atoms with Gasteiger partial charge in [-0.25, -0.2) is 4.79 Å². The van der Waals surface area contributed by atoms with Crippen molar-refractivity contribution in [3.8, 4) is 5.75 Å². The molecular formula is C16H18N4O4. The van der Waals surface area contributed by atoms with Crippen LogP contribution in [-0.2, 0) is 24.7 Å². The highest BCUT2D eigenvalue weighted by Gasteiger charge is 2.24. The van der Waals surface area contributed by atoms with Crippen molar-refractivity contribution < 1.29 is 19.4 Å². The molecule has 126 valence electrons. The first-order chi connectivity index (χ1) is 11.5. The Bertz CT molecular complexity index is 771. The lowest BCUT2D eigenvalue weighted by atomic mass is 9.95. The SMILES string of the molecule is Cn1nnc2c1CCC(NC(=O)c1cccc(OCC(=O)O)c1)C2. The first-order valence-corrected chi connectivity index (χ1v) is 7.66. The Morgan fingerprint density at radius 2 is 2.29 bits per heavy atom. The molecule has 3 rings (SSSR count). The Balaban J connectivity index is 1.63. The molecule has 1 aromatic carbocycles. The van der Waals surface area contributed by atoms with E-state index in [1.165, 1.54) is 6.07 Å². The normalized spacial score (nSPS) is 16.3. The molecule has 1 heterocycles. The second kappa shape index (κ2) is 6.69. The third kappa shape index (κ3) is 3.53. The Kier molecular flexibility index (Phi) is 4.45. The molecule has 2 aromatic rings. The Hall–Kier alpha value is -2.90. The fourth-order valence-electron chi connectivity index (χ4n) is 2.79. The van der Waals surface area contributed by atoms with Crippen LogP contribution in [0.25, 0.3) is 0 Å². The van der Waals surface area contributed by atoms with Gasteiger partial charge < -0.3 is 15.2 Å². The van der Waals surface area contributed by atoms with Gasteiger partial charge in [0, 0.05) is 25.1 Å². The van der Waals surface area contributed by atoms with E-state index in [-0.39, 0.29) is 11.9 Å². The predicted molar refractivity (Wildman–Crippen MR) is 83.9 cm³/mol. The van der Waals surface area contributed by atoms with E-state index in [9.17, 15) is 9.59 Å². The summed E-state index contributed by atoms with van der Waals surface area (Å²) in [5.41, 5.74) is 2.47. The number of amides is 1. The molecule has 1 aliphatic rings. The van der Waals surface area contributed by atoms with Crippen LogP contribution in [0.4, 0.5) is 0 Å². The number of ether oxygens (including phenoxy) is 1. The van der Waals surface area contributed by atoms with E-state index in [0.29, 0.717) is 17.7 Å². The van der Waals surface area contributed by atoms with Crippen LogP contribution in [0.15, 0.2) is 24.3 Å². The van der Waals surface area contributed by atoms with Gasteiger partial charge >= 0.3 is 5.97 Å². The molecule has 0 aliphatic heterocycles. The summed E-state index contributed by atoms with van der Waals surface area (Å²) in [7, 11) is 1.87. The number of aryl methyl sites for hydroxylation is 1. The number of hydrogen-bond acceptors (Lipinski definition) is 5. The quantitative estimate of drug-likeness (QED) is 0.830. The minimum Gasteiger partial charge on any atom is -0.482 e. The lowest BCUT2D eigenvalue weighted by molar-refractivity contribution is -0.139. The zero-order valence-corrected chi connectivity index (χ0v) is 13.2. The zero-order valence-electron chi connectivity index (χ0n) is 13.2. The first kappa shape index (κ1) is 16.0. The number of aromatic nitrogens is 3. The molecule has 0 fully saturated rings. The van der Waals surface area contributed by atoms with Gasteiger partial charge in [0.25, 0.3) is 5.91 Å². The molecule has 1 aliphatic carbocycles. The average molecular weight is 330 g/mol. The van der Waals surface area contributed by atoms with Gasteiger partial charge in [0.05, 0.1) is 11.4 Å². The summed E-state index contributed by atoms with van der Waals surface area (Å²) in [5.74, 6) is -0.926. The molecule has 2 N–H and O–H groups in total. The number of carboxylic acid groups (broad SMARTS) is 1. The second-order valence-electron chi connectivity index (χ2n) is 5.73. The summed E-state index contributed by atoms with van der Waals surface area (Å²) in [4.78, 5) is 22.9. The molecule has 0 saturated carbocycles. The second-order valence-corrected chi connectivity index (χ2v) is 5.73. The number of nitrogens with one attached hydrogen (secondary N) is 1. The number of aliphatic carboxylic acids is 1. The maximum Gasteiger partial charge on any atom is 0.341 e. The maximum absolute atomic E-state index is 12.4. The van der Waals surface area contributed by atoms with Crippen LogP contribution in [0, 0.1) is 0 Å². The van der Waals surface area contributed by atoms with Gasteiger partial charge in [-0.05, 0) is 31.0 Å². The van der Waals surface area contributed by atoms with Crippen molar-refractivity contribution >= 4 is 11.9 Å². The minimum absolute atomic E-state index is 0.00490. The minimum atomic E-state index is -1.06. The van der Waals surface area contributed by atoms with Gasteiger partial charge in [0.15, 0.2) is 6.61 Å². The van der Waals surface area contributed by atoms with E-state index in [1.807, 2.05) is 7.05 Å². The summed E-state index contributed by atoms with van der Waals surface area (Å²) in [6.45, 7) is -0.441. The molecule has 24 heavy (non-hydrogen) atoms. The van der Waals surface area contributed by atoms with E-state index in [2.05, 4.69) is 15.6 Å². The van der Waals surface area contributed by atoms with E-state index < -0.39 is 12.6 Å². The number of carbonyl (C=O) groups is 2. The lowest BCUT2D eigenvalue weighted by Crippen LogP contribution is -2.39. The molecule has 1 unspecified atom stereocenters. The fourth-order valence-corrected chi connectivity index (χ4v) is 2.79. The van der Waals surface area contributed by atoms with Crippen molar-refractivity contribution in [1.29, 1.82) is 0 Å². The van der Waals surface area contributed by atoms with Crippen molar-refractivity contribution in [3.05, 3.63) is 41.2 Å². The molecular weight excluding hydrogens is 312 g/mol. The van der Waals surface area contributed by atoms with Crippen LogP contribution in [0.1, 0.15) is 28.2 Å². The number of benzene rings is 1. The van der Waals surface area contributed by atoms with E-state index in [0.717, 1.165) is 24.2 Å². The Morgan fingerprint density at radius 3 is 3.08 bits per heavy atom. The van der Waals surface area contributed by atoms with Crippen LogP contribution in [0.3, 0.4) is 0 Å². The average Bonchev–Trinajstić information content (AvgIpc) is 2.94. The molecule has 0 spiro atoms. The van der Waals surface area contributed by atoms with Crippen molar-refractivity contribution in [2.75, 3.05) is 6.61 Å². The van der Waals surface area contributed by atoms with E-state index >= 15 is 0 Å². The van der Waals surface area contributed by atoms with Crippen LogP contribution < -0.4 is 10.1 Å². The summed E-state index contributed by atoms with van der Waals surface area (Å²) in [6, 6.07) is 6.49. The zero-order chi connectivity index (χ0) is 17.1. The molecule has 1 atom stereocenters. The Morgan fingerprint density at radius 1 is 1.46 bits per heavy atom. The highest BCUT2D eigenvalue weighted by Crippen LogP contribution is 2.19. The molecule has 1 aromatic heterocycles. The largest absolute Gasteiger partial charge is 0.482 e. The molecule has 8 heteroatoms. The van der Waals surface area contributed by atoms with Crippen molar-refractivity contribution in [1.82, 2.24) is 20.3 Å². The number of nitrogens with zero attached hydrogens (tertiary/aromatic N) is 3. The van der Waals surface area contributed by atoms with Crippen LogP contribution in [0.5, 0.6) is 5.75 Å². The number of carbonyl (C=O) groups excluding carboxylic acids is 1. The van der Waals surface area contributed by atoms with Gasteiger partial charge in [-0.1, -0.05) is 11.3 Å². The fraction of sp³-hybridized carbons (Fsp3) is 0.375. The molecule has 0 saturated heterocycles.